The highest BCUT2D eigenvalue weighted by atomic mass is 19.1. The fraction of sp³-hybridized carbons (Fsp3) is 0.235. The Kier molecular flexibility index (Phi) is 4.93. The first-order chi connectivity index (χ1) is 10.2. The van der Waals surface area contributed by atoms with Crippen LogP contribution in [0.15, 0.2) is 58.5 Å². The number of halogens is 1. The minimum Gasteiger partial charge on any atom is -0.404 e. The molecule has 0 aliphatic carbocycles. The molecule has 1 aromatic heterocycles. The zero-order chi connectivity index (χ0) is 15.2. The fourth-order valence-electron chi connectivity index (χ4n) is 2.21. The molecule has 4 heteroatoms. The fourth-order valence-corrected chi connectivity index (χ4v) is 2.21. The second-order valence-electron chi connectivity index (χ2n) is 4.85. The second-order valence-corrected chi connectivity index (χ2v) is 4.85. The molecule has 0 amide bonds. The van der Waals surface area contributed by atoms with E-state index in [1.807, 2.05) is 13.0 Å². The average molecular weight is 286 g/mol. The monoisotopic (exact) mass is 286 g/mol. The predicted molar refractivity (Wildman–Crippen MR) is 81.8 cm³/mol. The average Bonchev–Trinajstić information content (AvgIpc) is 3.02. The quantitative estimate of drug-likeness (QED) is 0.842. The van der Waals surface area contributed by atoms with Gasteiger partial charge in [-0.15, -0.1) is 0 Å². The normalized spacial score (nSPS) is 13.2. The standard InChI is InChI=1S/C17H19FN2O/c1-3-12(2)14(10-13-6-4-5-7-16(13)18)15(11-19)17-8-9-21-20-17/h4-9,11H,3,10,19H2,1-2H3/b14-12?,15-11+. The van der Waals surface area contributed by atoms with E-state index in [1.165, 1.54) is 18.5 Å². The van der Waals surface area contributed by atoms with E-state index in [2.05, 4.69) is 12.1 Å². The molecule has 0 unspecified atom stereocenters. The summed E-state index contributed by atoms with van der Waals surface area (Å²) in [4.78, 5) is 0. The van der Waals surface area contributed by atoms with E-state index in [4.69, 9.17) is 10.3 Å². The Morgan fingerprint density at radius 2 is 2.10 bits per heavy atom. The first-order valence-electron chi connectivity index (χ1n) is 6.92. The summed E-state index contributed by atoms with van der Waals surface area (Å²) in [6.07, 6.45) is 4.34. The summed E-state index contributed by atoms with van der Waals surface area (Å²) in [6, 6.07) is 8.53. The van der Waals surface area contributed by atoms with E-state index < -0.39 is 0 Å². The number of allylic oxidation sites excluding steroid dienone is 3. The Bertz CT molecular complexity index is 657. The maximum absolute atomic E-state index is 13.9. The van der Waals surface area contributed by atoms with Crippen molar-refractivity contribution in [2.75, 3.05) is 0 Å². The maximum atomic E-state index is 13.9. The van der Waals surface area contributed by atoms with Gasteiger partial charge in [0, 0.05) is 24.3 Å². The maximum Gasteiger partial charge on any atom is 0.126 e. The van der Waals surface area contributed by atoms with Gasteiger partial charge in [0.1, 0.15) is 17.8 Å². The molecular formula is C17H19FN2O. The number of rotatable bonds is 5. The third kappa shape index (κ3) is 3.40. The van der Waals surface area contributed by atoms with Crippen LogP contribution in [-0.4, -0.2) is 5.16 Å². The molecule has 2 aromatic rings. The predicted octanol–water partition coefficient (Wildman–Crippen LogP) is 4.08. The zero-order valence-electron chi connectivity index (χ0n) is 12.3. The topological polar surface area (TPSA) is 52.0 Å². The summed E-state index contributed by atoms with van der Waals surface area (Å²) in [5, 5.41) is 3.94. The number of aromatic nitrogens is 1. The lowest BCUT2D eigenvalue weighted by atomic mass is 9.91. The molecule has 0 aliphatic rings. The number of benzene rings is 1. The molecule has 21 heavy (non-hydrogen) atoms. The van der Waals surface area contributed by atoms with Crippen LogP contribution >= 0.6 is 0 Å². The summed E-state index contributed by atoms with van der Waals surface area (Å²) in [5.74, 6) is -0.213. The molecule has 1 aromatic carbocycles. The van der Waals surface area contributed by atoms with Crippen molar-refractivity contribution in [3.8, 4) is 0 Å². The van der Waals surface area contributed by atoms with Gasteiger partial charge >= 0.3 is 0 Å². The van der Waals surface area contributed by atoms with Crippen LogP contribution in [0.25, 0.3) is 5.57 Å². The van der Waals surface area contributed by atoms with Gasteiger partial charge in [-0.2, -0.15) is 0 Å². The zero-order valence-corrected chi connectivity index (χ0v) is 12.3. The molecule has 2 rings (SSSR count). The van der Waals surface area contributed by atoms with Crippen molar-refractivity contribution in [1.29, 1.82) is 0 Å². The molecule has 0 atom stereocenters. The molecular weight excluding hydrogens is 267 g/mol. The van der Waals surface area contributed by atoms with E-state index >= 15 is 0 Å². The SMILES string of the molecule is CCC(C)=C(Cc1ccccc1F)/C(=C\N)c1ccon1. The molecule has 110 valence electrons. The van der Waals surface area contributed by atoms with Crippen molar-refractivity contribution in [3.63, 3.8) is 0 Å². The summed E-state index contributed by atoms with van der Waals surface area (Å²) >= 11 is 0. The first kappa shape index (κ1) is 15.0. The van der Waals surface area contributed by atoms with Gasteiger partial charge in [-0.3, -0.25) is 0 Å². The van der Waals surface area contributed by atoms with E-state index in [0.29, 0.717) is 17.7 Å². The Morgan fingerprint density at radius 1 is 1.33 bits per heavy atom. The summed E-state index contributed by atoms with van der Waals surface area (Å²) in [7, 11) is 0. The van der Waals surface area contributed by atoms with Gasteiger partial charge in [0.25, 0.3) is 0 Å². The second kappa shape index (κ2) is 6.88. The van der Waals surface area contributed by atoms with Crippen molar-refractivity contribution in [1.82, 2.24) is 5.16 Å². The lowest BCUT2D eigenvalue weighted by Crippen LogP contribution is -2.02. The van der Waals surface area contributed by atoms with Crippen LogP contribution in [0.3, 0.4) is 0 Å². The molecule has 1 heterocycles. The molecule has 3 nitrogen and oxygen atoms in total. The molecule has 0 aliphatic heterocycles. The summed E-state index contributed by atoms with van der Waals surface area (Å²) in [5.41, 5.74) is 10.0. The van der Waals surface area contributed by atoms with Crippen molar-refractivity contribution >= 4 is 5.57 Å². The number of nitrogens with zero attached hydrogens (tertiary/aromatic N) is 1. The van der Waals surface area contributed by atoms with E-state index in [0.717, 1.165) is 23.1 Å². The Hall–Kier alpha value is -2.36. The van der Waals surface area contributed by atoms with Crippen molar-refractivity contribution in [3.05, 3.63) is 71.0 Å². The Labute approximate surface area is 123 Å². The van der Waals surface area contributed by atoms with Gasteiger partial charge in [-0.25, -0.2) is 4.39 Å². The Balaban J connectivity index is 2.44. The van der Waals surface area contributed by atoms with Crippen LogP contribution in [0.4, 0.5) is 4.39 Å². The molecule has 0 saturated carbocycles. The number of nitrogens with two attached hydrogens (primary N) is 1. The Morgan fingerprint density at radius 3 is 2.67 bits per heavy atom. The molecule has 0 bridgehead atoms. The number of hydrogen-bond donors (Lipinski definition) is 1. The summed E-state index contributed by atoms with van der Waals surface area (Å²) < 4.78 is 18.8. The molecule has 2 N–H and O–H groups in total. The highest BCUT2D eigenvalue weighted by Gasteiger charge is 2.15. The van der Waals surface area contributed by atoms with Gasteiger partial charge in [-0.05, 0) is 30.5 Å². The van der Waals surface area contributed by atoms with E-state index in [1.54, 1.807) is 18.2 Å². The van der Waals surface area contributed by atoms with Gasteiger partial charge in [0.05, 0.1) is 0 Å². The highest BCUT2D eigenvalue weighted by Crippen LogP contribution is 2.29. The molecule has 0 saturated heterocycles. The summed E-state index contributed by atoms with van der Waals surface area (Å²) in [6.45, 7) is 4.09. The van der Waals surface area contributed by atoms with Crippen LogP contribution in [0, 0.1) is 5.82 Å². The van der Waals surface area contributed by atoms with Gasteiger partial charge < -0.3 is 10.3 Å². The smallest absolute Gasteiger partial charge is 0.126 e. The van der Waals surface area contributed by atoms with Crippen molar-refractivity contribution in [2.24, 2.45) is 5.73 Å². The van der Waals surface area contributed by atoms with Gasteiger partial charge in [0.15, 0.2) is 0 Å². The molecule has 0 spiro atoms. The van der Waals surface area contributed by atoms with E-state index in [9.17, 15) is 4.39 Å². The van der Waals surface area contributed by atoms with Crippen molar-refractivity contribution in [2.45, 2.75) is 26.7 Å². The van der Waals surface area contributed by atoms with Gasteiger partial charge in [0.2, 0.25) is 0 Å². The lowest BCUT2D eigenvalue weighted by molar-refractivity contribution is 0.418. The first-order valence-corrected chi connectivity index (χ1v) is 6.92. The van der Waals surface area contributed by atoms with Crippen LogP contribution in [0.2, 0.25) is 0 Å². The third-order valence-corrected chi connectivity index (χ3v) is 3.58. The molecule has 0 radical (unpaired) electrons. The lowest BCUT2D eigenvalue weighted by Gasteiger charge is -2.14. The molecule has 0 fully saturated rings. The minimum atomic E-state index is -0.213. The number of hydrogen-bond acceptors (Lipinski definition) is 3. The van der Waals surface area contributed by atoms with Crippen LogP contribution in [-0.2, 0) is 6.42 Å². The highest BCUT2D eigenvalue weighted by molar-refractivity contribution is 5.77. The largest absolute Gasteiger partial charge is 0.404 e. The van der Waals surface area contributed by atoms with E-state index in [-0.39, 0.29) is 5.82 Å². The van der Waals surface area contributed by atoms with Crippen molar-refractivity contribution < 1.29 is 8.91 Å². The minimum absolute atomic E-state index is 0.213. The van der Waals surface area contributed by atoms with Crippen LogP contribution in [0.1, 0.15) is 31.5 Å². The van der Waals surface area contributed by atoms with Gasteiger partial charge in [-0.1, -0.05) is 35.9 Å². The third-order valence-electron chi connectivity index (χ3n) is 3.58. The van der Waals surface area contributed by atoms with Crippen LogP contribution < -0.4 is 5.73 Å². The van der Waals surface area contributed by atoms with Crippen LogP contribution in [0.5, 0.6) is 0 Å².